The zero-order valence-corrected chi connectivity index (χ0v) is 28.2. The molecule has 0 aromatic heterocycles. The molecule has 267 valence electrons. The average Bonchev–Trinajstić information content (AvgIpc) is 3.03. The van der Waals surface area contributed by atoms with Gasteiger partial charge in [0.05, 0.1) is 106 Å². The molecule has 1 unspecified atom stereocenters. The van der Waals surface area contributed by atoms with Crippen LogP contribution in [0.5, 0.6) is 0 Å². The molecule has 0 aromatic carbocycles. The highest BCUT2D eigenvalue weighted by Crippen LogP contribution is 2.15. The number of carbonyl (C=O) groups is 2. The van der Waals surface area contributed by atoms with Crippen molar-refractivity contribution in [3.8, 4) is 0 Å². The summed E-state index contributed by atoms with van der Waals surface area (Å²) in [4.78, 5) is 33.5. The first kappa shape index (κ1) is 44.0. The Kier molecular flexibility index (Phi) is 36.7. The minimum Gasteiger partial charge on any atom is -0.463 e. The maximum atomic E-state index is 11.8. The van der Waals surface area contributed by atoms with Crippen molar-refractivity contribution in [1.82, 2.24) is 0 Å². The van der Waals surface area contributed by atoms with E-state index in [1.54, 1.807) is 11.8 Å². The Labute approximate surface area is 273 Å². The number of esters is 1. The van der Waals surface area contributed by atoms with Crippen LogP contribution in [0.1, 0.15) is 26.7 Å². The molecule has 0 aliphatic heterocycles. The number of ether oxygens (including phenoxy) is 9. The van der Waals surface area contributed by atoms with Gasteiger partial charge in [-0.2, -0.15) is 11.8 Å². The Morgan fingerprint density at radius 3 is 1.36 bits per heavy atom. The van der Waals surface area contributed by atoms with Crippen molar-refractivity contribution in [2.24, 2.45) is 11.7 Å². The standard InChI is InChI=1S/C30H58NO13S/c1-3-7-34-8-9-35-10-11-37-15-18-40-21-24-43-44-25-22-41-19-16-38-13-12-36-14-17-39-20-23-42-30(33)5-4-29(28(2)32)27-45-26-6-31/h5,29H,3-4,6-27,31H2,1-2H3. The maximum absolute atomic E-state index is 11.8. The molecule has 0 saturated carbocycles. The summed E-state index contributed by atoms with van der Waals surface area (Å²) in [6.07, 6.45) is 2.79. The summed E-state index contributed by atoms with van der Waals surface area (Å²) in [6.45, 7) is 12.5. The molecule has 0 fully saturated rings. The molecule has 0 heterocycles. The number of rotatable bonds is 38. The molecule has 0 aliphatic rings. The number of ketones is 1. The van der Waals surface area contributed by atoms with Crippen LogP contribution < -0.4 is 5.73 Å². The molecular formula is C30H58NO13S. The first-order valence-electron chi connectivity index (χ1n) is 15.8. The molecule has 0 rings (SSSR count). The molecule has 0 saturated heterocycles. The third kappa shape index (κ3) is 35.7. The number of hydrogen-bond donors (Lipinski definition) is 1. The number of thioether (sulfide) groups is 1. The van der Waals surface area contributed by atoms with Gasteiger partial charge < -0.3 is 48.4 Å². The van der Waals surface area contributed by atoms with Crippen molar-refractivity contribution >= 4 is 23.5 Å². The summed E-state index contributed by atoms with van der Waals surface area (Å²) in [5.74, 6) is 0.832. The lowest BCUT2D eigenvalue weighted by molar-refractivity contribution is -0.303. The van der Waals surface area contributed by atoms with Gasteiger partial charge in [0.15, 0.2) is 0 Å². The molecule has 14 nitrogen and oxygen atoms in total. The van der Waals surface area contributed by atoms with Crippen LogP contribution in [0.25, 0.3) is 0 Å². The SMILES string of the molecule is CCCOCCOCCOCCOCCOOCCOCCOCCOCCOCCOC(=O)[CH]CC(CSCCN)C(C)=O. The highest BCUT2D eigenvalue weighted by molar-refractivity contribution is 7.99. The third-order valence-corrected chi connectivity index (χ3v) is 6.65. The summed E-state index contributed by atoms with van der Waals surface area (Å²) in [7, 11) is 0. The monoisotopic (exact) mass is 672 g/mol. The van der Waals surface area contributed by atoms with E-state index in [9.17, 15) is 9.59 Å². The molecule has 0 amide bonds. The average molecular weight is 673 g/mol. The van der Waals surface area contributed by atoms with E-state index in [4.69, 9.17) is 58.1 Å². The molecule has 0 aliphatic carbocycles. The van der Waals surface area contributed by atoms with Gasteiger partial charge in [-0.25, -0.2) is 9.78 Å². The second kappa shape index (κ2) is 37.5. The summed E-state index contributed by atoms with van der Waals surface area (Å²) in [5.41, 5.74) is 5.46. The van der Waals surface area contributed by atoms with Crippen molar-refractivity contribution in [2.45, 2.75) is 26.7 Å². The smallest absolute Gasteiger partial charge is 0.309 e. The number of Topliss-reactive ketones (excluding diaryl/α,β-unsaturated/α-hetero) is 1. The minimum absolute atomic E-state index is 0.0526. The van der Waals surface area contributed by atoms with Crippen LogP contribution >= 0.6 is 11.8 Å². The summed E-state index contributed by atoms with van der Waals surface area (Å²) < 4.78 is 48.2. The van der Waals surface area contributed by atoms with E-state index in [0.717, 1.165) is 18.8 Å². The van der Waals surface area contributed by atoms with Crippen LogP contribution in [0.3, 0.4) is 0 Å². The van der Waals surface area contributed by atoms with E-state index >= 15 is 0 Å². The predicted molar refractivity (Wildman–Crippen MR) is 169 cm³/mol. The molecule has 0 spiro atoms. The Morgan fingerprint density at radius 1 is 0.600 bits per heavy atom. The lowest BCUT2D eigenvalue weighted by Crippen LogP contribution is -2.19. The highest BCUT2D eigenvalue weighted by Gasteiger charge is 2.17. The van der Waals surface area contributed by atoms with Crippen molar-refractivity contribution in [3.63, 3.8) is 0 Å². The lowest BCUT2D eigenvalue weighted by Gasteiger charge is -2.12. The van der Waals surface area contributed by atoms with Crippen LogP contribution in [0.2, 0.25) is 0 Å². The maximum Gasteiger partial charge on any atom is 0.309 e. The van der Waals surface area contributed by atoms with E-state index in [2.05, 4.69) is 6.92 Å². The van der Waals surface area contributed by atoms with Crippen LogP contribution in [0.4, 0.5) is 0 Å². The number of carbonyl (C=O) groups excluding carboxylic acids is 2. The number of nitrogens with two attached hydrogens (primary N) is 1. The van der Waals surface area contributed by atoms with Crippen molar-refractivity contribution in [2.75, 3.05) is 144 Å². The third-order valence-electron chi connectivity index (χ3n) is 5.48. The molecule has 45 heavy (non-hydrogen) atoms. The van der Waals surface area contributed by atoms with Gasteiger partial charge in [-0.15, -0.1) is 0 Å². The number of hydrogen-bond acceptors (Lipinski definition) is 15. The Hall–Kier alpha value is -0.950. The summed E-state index contributed by atoms with van der Waals surface area (Å²) >= 11 is 1.61. The van der Waals surface area contributed by atoms with Gasteiger partial charge in [0.1, 0.15) is 25.6 Å². The van der Waals surface area contributed by atoms with E-state index in [1.165, 1.54) is 13.3 Å². The zero-order valence-electron chi connectivity index (χ0n) is 27.4. The van der Waals surface area contributed by atoms with Crippen LogP contribution in [-0.2, 0) is 62.0 Å². The molecule has 0 bridgehead atoms. The van der Waals surface area contributed by atoms with Gasteiger partial charge in [0.2, 0.25) is 0 Å². The largest absolute Gasteiger partial charge is 0.463 e. The lowest BCUT2D eigenvalue weighted by atomic mass is 10.0. The zero-order chi connectivity index (χ0) is 32.9. The summed E-state index contributed by atoms with van der Waals surface area (Å²) in [6, 6.07) is 0. The quantitative estimate of drug-likeness (QED) is 0.0435. The van der Waals surface area contributed by atoms with Crippen molar-refractivity contribution in [3.05, 3.63) is 6.42 Å². The predicted octanol–water partition coefficient (Wildman–Crippen LogP) is 1.51. The molecule has 15 heteroatoms. The van der Waals surface area contributed by atoms with E-state index < -0.39 is 5.97 Å². The van der Waals surface area contributed by atoms with E-state index in [1.807, 2.05) is 0 Å². The fourth-order valence-electron chi connectivity index (χ4n) is 3.13. The van der Waals surface area contributed by atoms with Crippen LogP contribution in [-0.4, -0.2) is 155 Å². The fourth-order valence-corrected chi connectivity index (χ4v) is 4.12. The van der Waals surface area contributed by atoms with Crippen LogP contribution in [0, 0.1) is 12.3 Å². The van der Waals surface area contributed by atoms with Gasteiger partial charge in [-0.1, -0.05) is 6.92 Å². The highest BCUT2D eigenvalue weighted by atomic mass is 32.2. The molecular weight excluding hydrogens is 614 g/mol. The van der Waals surface area contributed by atoms with Gasteiger partial charge >= 0.3 is 5.97 Å². The molecule has 1 atom stereocenters. The van der Waals surface area contributed by atoms with Gasteiger partial charge in [0.25, 0.3) is 0 Å². The minimum atomic E-state index is -0.451. The second-order valence-electron chi connectivity index (χ2n) is 9.32. The fraction of sp³-hybridized carbons (Fsp3) is 0.900. The van der Waals surface area contributed by atoms with Crippen molar-refractivity contribution in [1.29, 1.82) is 0 Å². The first-order chi connectivity index (χ1) is 22.1. The first-order valence-corrected chi connectivity index (χ1v) is 16.9. The van der Waals surface area contributed by atoms with Gasteiger partial charge in [0, 0.05) is 30.6 Å². The molecule has 1 radical (unpaired) electrons. The van der Waals surface area contributed by atoms with Crippen molar-refractivity contribution < 1.29 is 62.0 Å². The molecule has 0 aromatic rings. The Morgan fingerprint density at radius 2 is 0.978 bits per heavy atom. The summed E-state index contributed by atoms with van der Waals surface area (Å²) in [5, 5.41) is 0. The van der Waals surface area contributed by atoms with E-state index in [-0.39, 0.29) is 24.9 Å². The second-order valence-corrected chi connectivity index (χ2v) is 10.5. The topological polar surface area (TPSA) is 162 Å². The molecule has 2 N–H and O–H groups in total. The van der Waals surface area contributed by atoms with Gasteiger partial charge in [-0.3, -0.25) is 9.59 Å². The Bertz CT molecular complexity index is 637. The van der Waals surface area contributed by atoms with Crippen LogP contribution in [0.15, 0.2) is 0 Å². The Balaban J connectivity index is 3.23. The van der Waals surface area contributed by atoms with Gasteiger partial charge in [-0.05, 0) is 19.8 Å². The van der Waals surface area contributed by atoms with E-state index in [0.29, 0.717) is 124 Å². The normalized spacial score (nSPS) is 12.1.